The highest BCUT2D eigenvalue weighted by Gasteiger charge is 2.11. The molecule has 0 fully saturated rings. The molecule has 0 N–H and O–H groups in total. The highest BCUT2D eigenvalue weighted by molar-refractivity contribution is 6.17. The summed E-state index contributed by atoms with van der Waals surface area (Å²) in [5.74, 6) is 1.38. The van der Waals surface area contributed by atoms with Crippen molar-refractivity contribution in [2.75, 3.05) is 0 Å². The van der Waals surface area contributed by atoms with Crippen LogP contribution in [0.2, 0.25) is 0 Å². The van der Waals surface area contributed by atoms with Crippen LogP contribution in [-0.2, 0) is 25.3 Å². The highest BCUT2D eigenvalue weighted by Crippen LogP contribution is 2.25. The molecule has 104 valence electrons. The number of fused-ring (bicyclic) bond motifs is 1. The van der Waals surface area contributed by atoms with Crippen LogP contribution in [0.4, 0.5) is 0 Å². The van der Waals surface area contributed by atoms with E-state index in [0.717, 1.165) is 11.3 Å². The van der Waals surface area contributed by atoms with Crippen LogP contribution in [0.5, 0.6) is 5.75 Å². The van der Waals surface area contributed by atoms with Crippen molar-refractivity contribution in [1.82, 2.24) is 0 Å². The minimum Gasteiger partial charge on any atom is -0.489 e. The molecule has 0 atom stereocenters. The number of rotatable bonds is 4. The van der Waals surface area contributed by atoms with Gasteiger partial charge in [-0.05, 0) is 48.9 Å². The van der Waals surface area contributed by atoms with E-state index in [1.807, 2.05) is 6.07 Å². The Balaban J connectivity index is 1.73. The fourth-order valence-electron chi connectivity index (χ4n) is 2.83. The predicted molar refractivity (Wildman–Crippen MR) is 83.5 cm³/mol. The first-order valence-corrected chi connectivity index (χ1v) is 7.68. The molecule has 0 aromatic heterocycles. The summed E-state index contributed by atoms with van der Waals surface area (Å²) in [6, 6.07) is 12.9. The van der Waals surface area contributed by atoms with Gasteiger partial charge in [0.1, 0.15) is 12.4 Å². The van der Waals surface area contributed by atoms with Gasteiger partial charge in [-0.1, -0.05) is 35.9 Å². The lowest BCUT2D eigenvalue weighted by Gasteiger charge is -2.11. The number of hydrogen-bond acceptors (Lipinski definition) is 1. The smallest absolute Gasteiger partial charge is 0.124 e. The molecule has 0 bridgehead atoms. The van der Waals surface area contributed by atoms with Crippen molar-refractivity contribution in [2.24, 2.45) is 0 Å². The summed E-state index contributed by atoms with van der Waals surface area (Å²) in [6.45, 7) is 2.68. The van der Waals surface area contributed by atoms with Crippen molar-refractivity contribution in [3.05, 3.63) is 64.2 Å². The first-order chi connectivity index (χ1) is 9.76. The zero-order valence-electron chi connectivity index (χ0n) is 11.8. The zero-order chi connectivity index (χ0) is 13.9. The monoisotopic (exact) mass is 286 g/mol. The maximum absolute atomic E-state index is 5.98. The summed E-state index contributed by atoms with van der Waals surface area (Å²) in [4.78, 5) is 0. The van der Waals surface area contributed by atoms with Gasteiger partial charge in [-0.3, -0.25) is 0 Å². The van der Waals surface area contributed by atoms with Crippen molar-refractivity contribution in [2.45, 2.75) is 38.7 Å². The highest BCUT2D eigenvalue weighted by atomic mass is 35.5. The molecule has 0 amide bonds. The van der Waals surface area contributed by atoms with Gasteiger partial charge in [-0.25, -0.2) is 0 Å². The van der Waals surface area contributed by atoms with Crippen LogP contribution in [0, 0.1) is 6.92 Å². The molecule has 2 heteroatoms. The Hall–Kier alpha value is -1.47. The predicted octanol–water partition coefficient (Wildman–Crippen LogP) is 4.80. The first-order valence-electron chi connectivity index (χ1n) is 7.15. The summed E-state index contributed by atoms with van der Waals surface area (Å²) in [7, 11) is 0. The lowest BCUT2D eigenvalue weighted by Crippen LogP contribution is -1.99. The van der Waals surface area contributed by atoms with Crippen LogP contribution < -0.4 is 4.74 Å². The van der Waals surface area contributed by atoms with Crippen LogP contribution in [-0.4, -0.2) is 0 Å². The molecule has 0 saturated carbocycles. The summed E-state index contributed by atoms with van der Waals surface area (Å²) < 4.78 is 5.94. The molecular formula is C18H19ClO. The lowest BCUT2D eigenvalue weighted by atomic mass is 10.1. The van der Waals surface area contributed by atoms with E-state index >= 15 is 0 Å². The minimum atomic E-state index is 0.487. The van der Waals surface area contributed by atoms with E-state index in [4.69, 9.17) is 16.3 Å². The van der Waals surface area contributed by atoms with Crippen molar-refractivity contribution < 1.29 is 4.74 Å². The fourth-order valence-corrected chi connectivity index (χ4v) is 3.04. The van der Waals surface area contributed by atoms with E-state index in [0.29, 0.717) is 12.5 Å². The summed E-state index contributed by atoms with van der Waals surface area (Å²) in [6.07, 6.45) is 3.72. The molecule has 1 nitrogen and oxygen atoms in total. The second kappa shape index (κ2) is 5.88. The molecule has 0 unspecified atom stereocenters. The van der Waals surface area contributed by atoms with Gasteiger partial charge >= 0.3 is 0 Å². The standard InChI is InChI=1S/C18H19ClO/c1-13-5-8-18(17(9-13)11-19)20-12-14-6-7-15-3-2-4-16(15)10-14/h5-10H,2-4,11-12H2,1H3. The third-order valence-corrected chi connectivity index (χ3v) is 4.21. The third kappa shape index (κ3) is 2.83. The number of halogens is 1. The zero-order valence-corrected chi connectivity index (χ0v) is 12.5. The Morgan fingerprint density at radius 1 is 1.05 bits per heavy atom. The lowest BCUT2D eigenvalue weighted by molar-refractivity contribution is 0.303. The average Bonchev–Trinajstić information content (AvgIpc) is 2.93. The van der Waals surface area contributed by atoms with Gasteiger partial charge < -0.3 is 4.74 Å². The number of hydrogen-bond donors (Lipinski definition) is 0. The molecule has 3 rings (SSSR count). The third-order valence-electron chi connectivity index (χ3n) is 3.92. The number of alkyl halides is 1. The first kappa shape index (κ1) is 13.5. The molecule has 0 aliphatic heterocycles. The molecule has 1 aliphatic carbocycles. The topological polar surface area (TPSA) is 9.23 Å². The number of benzene rings is 2. The van der Waals surface area contributed by atoms with Gasteiger partial charge in [-0.15, -0.1) is 11.6 Å². The largest absolute Gasteiger partial charge is 0.489 e. The van der Waals surface area contributed by atoms with E-state index in [9.17, 15) is 0 Å². The van der Waals surface area contributed by atoms with E-state index in [2.05, 4.69) is 37.3 Å². The van der Waals surface area contributed by atoms with Crippen molar-refractivity contribution >= 4 is 11.6 Å². The van der Waals surface area contributed by atoms with E-state index in [1.165, 1.54) is 41.5 Å². The van der Waals surface area contributed by atoms with Gasteiger partial charge in [0.25, 0.3) is 0 Å². The Labute approximate surface area is 125 Å². The maximum Gasteiger partial charge on any atom is 0.124 e. The fraction of sp³-hybridized carbons (Fsp3) is 0.333. The second-order valence-electron chi connectivity index (χ2n) is 5.49. The molecule has 0 spiro atoms. The maximum atomic E-state index is 5.98. The molecule has 0 heterocycles. The molecule has 2 aromatic rings. The molecule has 1 aliphatic rings. The average molecular weight is 287 g/mol. The van der Waals surface area contributed by atoms with Crippen LogP contribution in [0.3, 0.4) is 0 Å². The Bertz CT molecular complexity index is 619. The Morgan fingerprint density at radius 2 is 1.90 bits per heavy atom. The van der Waals surface area contributed by atoms with Gasteiger partial charge in [0.2, 0.25) is 0 Å². The van der Waals surface area contributed by atoms with Crippen molar-refractivity contribution in [1.29, 1.82) is 0 Å². The minimum absolute atomic E-state index is 0.487. The van der Waals surface area contributed by atoms with Crippen LogP contribution >= 0.6 is 11.6 Å². The van der Waals surface area contributed by atoms with Crippen molar-refractivity contribution in [3.63, 3.8) is 0 Å². The van der Waals surface area contributed by atoms with Gasteiger partial charge in [0, 0.05) is 5.56 Å². The quantitative estimate of drug-likeness (QED) is 0.734. The van der Waals surface area contributed by atoms with Gasteiger partial charge in [0.05, 0.1) is 5.88 Å². The normalized spacial score (nSPS) is 13.3. The van der Waals surface area contributed by atoms with E-state index in [1.54, 1.807) is 0 Å². The number of aryl methyl sites for hydroxylation is 3. The summed E-state index contributed by atoms with van der Waals surface area (Å²) in [5.41, 5.74) is 6.52. The van der Waals surface area contributed by atoms with E-state index < -0.39 is 0 Å². The summed E-state index contributed by atoms with van der Waals surface area (Å²) in [5, 5.41) is 0. The second-order valence-corrected chi connectivity index (χ2v) is 5.76. The van der Waals surface area contributed by atoms with Gasteiger partial charge in [-0.2, -0.15) is 0 Å². The van der Waals surface area contributed by atoms with Crippen LogP contribution in [0.1, 0.15) is 34.2 Å². The van der Waals surface area contributed by atoms with Crippen LogP contribution in [0.25, 0.3) is 0 Å². The molecule has 0 saturated heterocycles. The molecule has 20 heavy (non-hydrogen) atoms. The van der Waals surface area contributed by atoms with Crippen LogP contribution in [0.15, 0.2) is 36.4 Å². The Morgan fingerprint density at radius 3 is 2.75 bits per heavy atom. The number of ether oxygens (including phenoxy) is 1. The molecule has 0 radical (unpaired) electrons. The van der Waals surface area contributed by atoms with Gasteiger partial charge in [0.15, 0.2) is 0 Å². The molecular weight excluding hydrogens is 268 g/mol. The molecule has 2 aromatic carbocycles. The van der Waals surface area contributed by atoms with Crippen molar-refractivity contribution in [3.8, 4) is 5.75 Å². The SMILES string of the molecule is Cc1ccc(OCc2ccc3c(c2)CCC3)c(CCl)c1. The Kier molecular flexibility index (Phi) is 3.98. The summed E-state index contributed by atoms with van der Waals surface area (Å²) >= 11 is 5.98. The van der Waals surface area contributed by atoms with E-state index in [-0.39, 0.29) is 0 Å².